The van der Waals surface area contributed by atoms with Gasteiger partial charge in [0.05, 0.1) is 0 Å². The Labute approximate surface area is 91.2 Å². The molecule has 1 aromatic rings. The van der Waals surface area contributed by atoms with Crippen molar-refractivity contribution in [3.63, 3.8) is 0 Å². The Morgan fingerprint density at radius 3 is 1.86 bits per heavy atom. The molecule has 0 saturated heterocycles. The van der Waals surface area contributed by atoms with Crippen LogP contribution in [-0.2, 0) is 6.37 Å². The fourth-order valence-electron chi connectivity index (χ4n) is 1.54. The van der Waals surface area contributed by atoms with Crippen molar-refractivity contribution in [3.05, 3.63) is 34.4 Å². The summed E-state index contributed by atoms with van der Waals surface area (Å²) in [6.45, 7) is 12.0. The minimum absolute atomic E-state index is 0.388. The second kappa shape index (κ2) is 3.76. The van der Waals surface area contributed by atoms with Gasteiger partial charge in [0.15, 0.2) is 0 Å². The normalized spacial score (nSPS) is 15.0. The first-order valence-electron chi connectivity index (χ1n) is 6.15. The van der Waals surface area contributed by atoms with Gasteiger partial charge in [-0.3, -0.25) is 0 Å². The standard InChI is InChI=1S/C14H22/c1-10-7-13(9-14(4,5)6)8-11(2)12(10)3/h7-8H,9H2,1-6H3/i9D2. The summed E-state index contributed by atoms with van der Waals surface area (Å²) in [6, 6.07) is 3.96. The highest BCUT2D eigenvalue weighted by Gasteiger charge is 2.12. The van der Waals surface area contributed by atoms with E-state index in [1.807, 2.05) is 46.8 Å². The Morgan fingerprint density at radius 1 is 1.07 bits per heavy atom. The van der Waals surface area contributed by atoms with Crippen LogP contribution in [0, 0.1) is 26.2 Å². The molecule has 78 valence electrons. The van der Waals surface area contributed by atoms with Crippen LogP contribution in [0.15, 0.2) is 12.1 Å². The van der Waals surface area contributed by atoms with Gasteiger partial charge in [0.2, 0.25) is 0 Å². The predicted molar refractivity (Wildman–Crippen MR) is 63.8 cm³/mol. The van der Waals surface area contributed by atoms with Crippen molar-refractivity contribution in [1.29, 1.82) is 0 Å². The Balaban J connectivity index is 3.35. The van der Waals surface area contributed by atoms with E-state index in [1.165, 1.54) is 16.7 Å². The van der Waals surface area contributed by atoms with Crippen LogP contribution in [0.1, 0.15) is 45.8 Å². The maximum Gasteiger partial charge on any atom is 0.0321 e. The number of rotatable bonds is 1. The van der Waals surface area contributed by atoms with Crippen LogP contribution < -0.4 is 0 Å². The molecule has 0 bridgehead atoms. The molecular weight excluding hydrogens is 168 g/mol. The van der Waals surface area contributed by atoms with Crippen molar-refractivity contribution in [2.24, 2.45) is 5.41 Å². The van der Waals surface area contributed by atoms with E-state index >= 15 is 0 Å². The zero-order valence-corrected chi connectivity index (χ0v) is 10.2. The van der Waals surface area contributed by atoms with Crippen LogP contribution in [0.3, 0.4) is 0 Å². The third-order valence-corrected chi connectivity index (χ3v) is 2.45. The first-order chi connectivity index (χ1) is 7.07. The Morgan fingerprint density at radius 2 is 1.50 bits per heavy atom. The smallest absolute Gasteiger partial charge is 0.0321 e. The molecule has 1 rings (SSSR count). The van der Waals surface area contributed by atoms with Crippen LogP contribution in [0.2, 0.25) is 0 Å². The molecule has 0 heterocycles. The maximum atomic E-state index is 8.25. The van der Waals surface area contributed by atoms with Gasteiger partial charge in [-0.25, -0.2) is 0 Å². The van der Waals surface area contributed by atoms with Gasteiger partial charge in [-0.2, -0.15) is 0 Å². The molecule has 14 heavy (non-hydrogen) atoms. The van der Waals surface area contributed by atoms with Crippen molar-refractivity contribution in [2.75, 3.05) is 0 Å². The zero-order chi connectivity index (χ0) is 12.7. The summed E-state index contributed by atoms with van der Waals surface area (Å²) in [5.41, 5.74) is 4.00. The zero-order valence-electron chi connectivity index (χ0n) is 12.2. The number of benzene rings is 1. The predicted octanol–water partition coefficient (Wildman–Crippen LogP) is 4.20. The van der Waals surface area contributed by atoms with E-state index in [1.54, 1.807) is 0 Å². The summed E-state index contributed by atoms with van der Waals surface area (Å²) in [4.78, 5) is 0. The summed E-state index contributed by atoms with van der Waals surface area (Å²) in [6.07, 6.45) is -1.30. The third kappa shape index (κ3) is 2.87. The minimum Gasteiger partial charge on any atom is -0.0599 e. The van der Waals surface area contributed by atoms with Gasteiger partial charge in [0, 0.05) is 2.74 Å². The van der Waals surface area contributed by atoms with E-state index in [9.17, 15) is 0 Å². The first kappa shape index (κ1) is 8.52. The molecule has 0 unspecified atom stereocenters. The molecule has 0 nitrogen and oxygen atoms in total. The molecule has 1 aromatic carbocycles. The number of hydrogen-bond acceptors (Lipinski definition) is 0. The van der Waals surface area contributed by atoms with E-state index in [-0.39, 0.29) is 5.41 Å². The lowest BCUT2D eigenvalue weighted by Crippen LogP contribution is -2.09. The summed E-state index contributed by atoms with van der Waals surface area (Å²) < 4.78 is 16.5. The average Bonchev–Trinajstić information content (AvgIpc) is 2.11. The first-order valence-corrected chi connectivity index (χ1v) is 5.15. The van der Waals surface area contributed by atoms with E-state index in [0.717, 1.165) is 5.56 Å². The van der Waals surface area contributed by atoms with Gasteiger partial charge in [0.1, 0.15) is 0 Å². The average molecular weight is 192 g/mol. The Kier molecular flexibility index (Phi) is 2.29. The largest absolute Gasteiger partial charge is 0.0599 e. The molecule has 0 aliphatic rings. The van der Waals surface area contributed by atoms with Gasteiger partial charge in [-0.1, -0.05) is 32.9 Å². The molecule has 0 N–H and O–H groups in total. The highest BCUT2D eigenvalue weighted by atomic mass is 14.2. The van der Waals surface area contributed by atoms with E-state index in [2.05, 4.69) is 6.92 Å². The Bertz CT molecular complexity index is 375. The molecule has 0 heteroatoms. The monoisotopic (exact) mass is 192 g/mol. The summed E-state index contributed by atoms with van der Waals surface area (Å²) in [5, 5.41) is 0. The van der Waals surface area contributed by atoms with Gasteiger partial charge in [-0.05, 0) is 54.8 Å². The molecule has 0 spiro atoms. The molecular formula is C14H22. The third-order valence-electron chi connectivity index (χ3n) is 2.45. The van der Waals surface area contributed by atoms with Crippen molar-refractivity contribution in [3.8, 4) is 0 Å². The summed E-state index contributed by atoms with van der Waals surface area (Å²) in [7, 11) is 0. The quantitative estimate of drug-likeness (QED) is 0.625. The van der Waals surface area contributed by atoms with Crippen molar-refractivity contribution < 1.29 is 2.74 Å². The fourth-order valence-corrected chi connectivity index (χ4v) is 1.54. The van der Waals surface area contributed by atoms with Gasteiger partial charge in [0.25, 0.3) is 0 Å². The highest BCUT2D eigenvalue weighted by molar-refractivity contribution is 5.37. The van der Waals surface area contributed by atoms with Crippen LogP contribution >= 0.6 is 0 Å². The highest BCUT2D eigenvalue weighted by Crippen LogP contribution is 2.23. The number of aryl methyl sites for hydroxylation is 2. The molecule has 0 aliphatic carbocycles. The molecule has 0 amide bonds. The molecule has 0 aromatic heterocycles. The second-order valence-electron chi connectivity index (χ2n) is 5.11. The van der Waals surface area contributed by atoms with Crippen LogP contribution in [0.4, 0.5) is 0 Å². The molecule has 0 aliphatic heterocycles. The van der Waals surface area contributed by atoms with Crippen molar-refractivity contribution in [1.82, 2.24) is 0 Å². The summed E-state index contributed by atoms with van der Waals surface area (Å²) in [5.74, 6) is 0. The van der Waals surface area contributed by atoms with Crippen LogP contribution in [-0.4, -0.2) is 0 Å². The molecule has 0 atom stereocenters. The lowest BCUT2D eigenvalue weighted by atomic mass is 9.86. The lowest BCUT2D eigenvalue weighted by Gasteiger charge is -2.19. The van der Waals surface area contributed by atoms with E-state index in [4.69, 9.17) is 2.74 Å². The van der Waals surface area contributed by atoms with Crippen LogP contribution in [0.25, 0.3) is 0 Å². The fraction of sp³-hybridized carbons (Fsp3) is 0.571. The molecule has 0 saturated carbocycles. The number of hydrogen-bond donors (Lipinski definition) is 0. The van der Waals surface area contributed by atoms with Gasteiger partial charge >= 0.3 is 0 Å². The van der Waals surface area contributed by atoms with Crippen LogP contribution in [0.5, 0.6) is 0 Å². The van der Waals surface area contributed by atoms with E-state index in [0.29, 0.717) is 0 Å². The lowest BCUT2D eigenvalue weighted by molar-refractivity contribution is 0.411. The minimum atomic E-state index is -1.30. The molecule has 0 fully saturated rings. The van der Waals surface area contributed by atoms with Crippen molar-refractivity contribution in [2.45, 2.75) is 47.9 Å². The van der Waals surface area contributed by atoms with Gasteiger partial charge < -0.3 is 0 Å². The topological polar surface area (TPSA) is 0 Å². The van der Waals surface area contributed by atoms with Crippen molar-refractivity contribution >= 4 is 0 Å². The summed E-state index contributed by atoms with van der Waals surface area (Å²) >= 11 is 0. The SMILES string of the molecule is [2H]C([2H])(c1cc(C)c(C)c(C)c1)C(C)(C)C. The maximum absolute atomic E-state index is 8.25. The van der Waals surface area contributed by atoms with E-state index < -0.39 is 6.37 Å². The second-order valence-corrected chi connectivity index (χ2v) is 5.11. The molecule has 0 radical (unpaired) electrons. The Hall–Kier alpha value is -0.780. The van der Waals surface area contributed by atoms with Gasteiger partial charge in [-0.15, -0.1) is 0 Å².